The summed E-state index contributed by atoms with van der Waals surface area (Å²) in [5, 5.41) is 5.58. The van der Waals surface area contributed by atoms with E-state index in [1.54, 1.807) is 24.3 Å². The summed E-state index contributed by atoms with van der Waals surface area (Å²) in [5.41, 5.74) is 2.74. The third-order valence-electron chi connectivity index (χ3n) is 4.37. The molecule has 1 aliphatic heterocycles. The number of rotatable bonds is 6. The van der Waals surface area contributed by atoms with Crippen LogP contribution in [0.25, 0.3) is 0 Å². The van der Waals surface area contributed by atoms with Gasteiger partial charge in [-0.15, -0.1) is 0 Å². The molecule has 26 heavy (non-hydrogen) atoms. The van der Waals surface area contributed by atoms with E-state index in [0.29, 0.717) is 24.1 Å². The van der Waals surface area contributed by atoms with E-state index in [-0.39, 0.29) is 24.4 Å². The molecule has 0 aliphatic carbocycles. The first-order chi connectivity index (χ1) is 12.6. The molecule has 6 heteroatoms. The molecule has 2 N–H and O–H groups in total. The summed E-state index contributed by atoms with van der Waals surface area (Å²) in [7, 11) is 0. The van der Waals surface area contributed by atoms with Crippen LogP contribution < -0.4 is 10.6 Å². The molecule has 3 rings (SSSR count). The van der Waals surface area contributed by atoms with Gasteiger partial charge in [0.05, 0.1) is 11.1 Å². The van der Waals surface area contributed by atoms with Crippen LogP contribution in [-0.4, -0.2) is 35.8 Å². The Bertz CT molecular complexity index is 813. The molecule has 0 aromatic heterocycles. The molecule has 0 saturated heterocycles. The smallest absolute Gasteiger partial charge is 0.319 e. The number of carbonyl (C=O) groups excluding carboxylic acids is 3. The third-order valence-corrected chi connectivity index (χ3v) is 4.37. The van der Waals surface area contributed by atoms with Crippen LogP contribution in [0.5, 0.6) is 0 Å². The Morgan fingerprint density at radius 3 is 2.23 bits per heavy atom. The highest BCUT2D eigenvalue weighted by Crippen LogP contribution is 2.22. The molecule has 4 amide bonds. The zero-order valence-corrected chi connectivity index (χ0v) is 14.6. The van der Waals surface area contributed by atoms with Crippen LogP contribution in [0.4, 0.5) is 10.5 Å². The summed E-state index contributed by atoms with van der Waals surface area (Å²) in [4.78, 5) is 37.8. The van der Waals surface area contributed by atoms with Crippen LogP contribution in [0, 0.1) is 0 Å². The Labute approximate surface area is 152 Å². The predicted octanol–water partition coefficient (Wildman–Crippen LogP) is 3.06. The van der Waals surface area contributed by atoms with Gasteiger partial charge in [-0.05, 0) is 36.6 Å². The van der Waals surface area contributed by atoms with Crippen molar-refractivity contribution in [2.24, 2.45) is 0 Å². The molecular formula is C20H21N3O3. The Morgan fingerprint density at radius 1 is 0.962 bits per heavy atom. The van der Waals surface area contributed by atoms with E-state index < -0.39 is 0 Å². The van der Waals surface area contributed by atoms with Crippen molar-refractivity contribution in [2.75, 3.05) is 18.4 Å². The number of nitrogens with one attached hydrogen (secondary N) is 2. The maximum Gasteiger partial charge on any atom is 0.319 e. The van der Waals surface area contributed by atoms with Gasteiger partial charge in [-0.25, -0.2) is 4.79 Å². The zero-order chi connectivity index (χ0) is 18.5. The van der Waals surface area contributed by atoms with E-state index in [1.165, 1.54) is 4.90 Å². The minimum Gasteiger partial charge on any atom is -0.338 e. The van der Waals surface area contributed by atoms with Crippen molar-refractivity contribution in [2.45, 2.75) is 19.8 Å². The standard InChI is InChI=1S/C20H21N3O3/c1-2-14-8-3-6-11-17(14)22-20(26)21-12-7-13-23-18(24)15-9-4-5-10-16(15)19(23)25/h3-6,8-11H,2,7,12-13H2,1H3,(H2,21,22,26). The summed E-state index contributed by atoms with van der Waals surface area (Å²) in [6, 6.07) is 14.1. The maximum absolute atomic E-state index is 12.3. The number of para-hydroxylation sites is 1. The van der Waals surface area contributed by atoms with Crippen molar-refractivity contribution in [1.29, 1.82) is 0 Å². The van der Waals surface area contributed by atoms with Crippen molar-refractivity contribution in [3.8, 4) is 0 Å². The number of anilines is 1. The summed E-state index contributed by atoms with van der Waals surface area (Å²) in [6.45, 7) is 2.67. The lowest BCUT2D eigenvalue weighted by atomic mass is 10.1. The molecule has 1 aliphatic rings. The maximum atomic E-state index is 12.3. The van der Waals surface area contributed by atoms with E-state index in [4.69, 9.17) is 0 Å². The first-order valence-corrected chi connectivity index (χ1v) is 8.69. The number of benzene rings is 2. The molecular weight excluding hydrogens is 330 g/mol. The molecule has 0 atom stereocenters. The van der Waals surface area contributed by atoms with Gasteiger partial charge in [0.15, 0.2) is 0 Å². The second-order valence-corrected chi connectivity index (χ2v) is 6.05. The third kappa shape index (κ3) is 3.59. The predicted molar refractivity (Wildman–Crippen MR) is 99.3 cm³/mol. The molecule has 1 heterocycles. The number of hydrogen-bond donors (Lipinski definition) is 2. The molecule has 0 unspecified atom stereocenters. The van der Waals surface area contributed by atoms with Crippen molar-refractivity contribution < 1.29 is 14.4 Å². The first-order valence-electron chi connectivity index (χ1n) is 8.69. The molecule has 0 bridgehead atoms. The van der Waals surface area contributed by atoms with Gasteiger partial charge in [0.2, 0.25) is 0 Å². The number of hydrogen-bond acceptors (Lipinski definition) is 3. The van der Waals surface area contributed by atoms with Gasteiger partial charge in [-0.3, -0.25) is 14.5 Å². The van der Waals surface area contributed by atoms with E-state index in [2.05, 4.69) is 10.6 Å². The number of imide groups is 1. The Morgan fingerprint density at radius 2 is 1.58 bits per heavy atom. The topological polar surface area (TPSA) is 78.5 Å². The van der Waals surface area contributed by atoms with Gasteiger partial charge in [0, 0.05) is 18.8 Å². The Hall–Kier alpha value is -3.15. The minimum atomic E-state index is -0.298. The van der Waals surface area contributed by atoms with Crippen molar-refractivity contribution in [1.82, 2.24) is 10.2 Å². The molecule has 2 aromatic rings. The highest BCUT2D eigenvalue weighted by molar-refractivity contribution is 6.21. The summed E-state index contributed by atoms with van der Waals surface area (Å²) >= 11 is 0. The van der Waals surface area contributed by atoms with Gasteiger partial charge >= 0.3 is 6.03 Å². The second-order valence-electron chi connectivity index (χ2n) is 6.05. The fraction of sp³-hybridized carbons (Fsp3) is 0.250. The highest BCUT2D eigenvalue weighted by atomic mass is 16.2. The minimum absolute atomic E-state index is 0.271. The lowest BCUT2D eigenvalue weighted by molar-refractivity contribution is 0.0653. The number of amides is 4. The Balaban J connectivity index is 1.47. The lowest BCUT2D eigenvalue weighted by Gasteiger charge is -2.14. The van der Waals surface area contributed by atoms with Crippen molar-refractivity contribution >= 4 is 23.5 Å². The van der Waals surface area contributed by atoms with Crippen LogP contribution in [0.2, 0.25) is 0 Å². The molecule has 6 nitrogen and oxygen atoms in total. The zero-order valence-electron chi connectivity index (χ0n) is 14.6. The van der Waals surface area contributed by atoms with Crippen LogP contribution >= 0.6 is 0 Å². The van der Waals surface area contributed by atoms with Gasteiger partial charge in [0.25, 0.3) is 11.8 Å². The molecule has 0 fully saturated rings. The largest absolute Gasteiger partial charge is 0.338 e. The SMILES string of the molecule is CCc1ccccc1NC(=O)NCCCN1C(=O)c2ccccc2C1=O. The van der Waals surface area contributed by atoms with Gasteiger partial charge in [-0.1, -0.05) is 37.3 Å². The van der Waals surface area contributed by atoms with Crippen LogP contribution in [-0.2, 0) is 6.42 Å². The lowest BCUT2D eigenvalue weighted by Crippen LogP contribution is -2.35. The van der Waals surface area contributed by atoms with Crippen LogP contribution in [0.3, 0.4) is 0 Å². The molecule has 0 saturated carbocycles. The van der Waals surface area contributed by atoms with E-state index in [1.807, 2.05) is 31.2 Å². The highest BCUT2D eigenvalue weighted by Gasteiger charge is 2.34. The fourth-order valence-electron chi connectivity index (χ4n) is 3.00. The second kappa shape index (κ2) is 7.82. The van der Waals surface area contributed by atoms with E-state index >= 15 is 0 Å². The first kappa shape index (κ1) is 17.7. The fourth-order valence-corrected chi connectivity index (χ4v) is 3.00. The number of carbonyl (C=O) groups is 3. The van der Waals surface area contributed by atoms with Crippen molar-refractivity contribution in [3.63, 3.8) is 0 Å². The molecule has 0 spiro atoms. The average molecular weight is 351 g/mol. The van der Waals surface area contributed by atoms with Crippen LogP contribution in [0.1, 0.15) is 39.6 Å². The summed E-state index contributed by atoms with van der Waals surface area (Å²) in [5.74, 6) is -0.543. The van der Waals surface area contributed by atoms with E-state index in [9.17, 15) is 14.4 Å². The van der Waals surface area contributed by atoms with E-state index in [0.717, 1.165) is 17.7 Å². The van der Waals surface area contributed by atoms with Gasteiger partial charge in [0.1, 0.15) is 0 Å². The number of fused-ring (bicyclic) bond motifs is 1. The van der Waals surface area contributed by atoms with Gasteiger partial charge < -0.3 is 10.6 Å². The monoisotopic (exact) mass is 351 g/mol. The van der Waals surface area contributed by atoms with Crippen LogP contribution in [0.15, 0.2) is 48.5 Å². The molecule has 2 aromatic carbocycles. The average Bonchev–Trinajstić information content (AvgIpc) is 2.90. The molecule has 0 radical (unpaired) electrons. The summed E-state index contributed by atoms with van der Waals surface area (Å²) in [6.07, 6.45) is 1.32. The summed E-state index contributed by atoms with van der Waals surface area (Å²) < 4.78 is 0. The number of nitrogens with zero attached hydrogens (tertiary/aromatic N) is 1. The number of aryl methyl sites for hydroxylation is 1. The number of urea groups is 1. The van der Waals surface area contributed by atoms with Crippen molar-refractivity contribution in [3.05, 3.63) is 65.2 Å². The Kier molecular flexibility index (Phi) is 5.31. The molecule has 134 valence electrons. The van der Waals surface area contributed by atoms with Gasteiger partial charge in [-0.2, -0.15) is 0 Å². The normalized spacial score (nSPS) is 12.9. The quantitative estimate of drug-likeness (QED) is 0.620.